The summed E-state index contributed by atoms with van der Waals surface area (Å²) in [5.41, 5.74) is 1.29. The zero-order valence-corrected chi connectivity index (χ0v) is 15.0. The van der Waals surface area contributed by atoms with Gasteiger partial charge in [-0.3, -0.25) is 14.9 Å². The van der Waals surface area contributed by atoms with E-state index in [0.29, 0.717) is 11.5 Å². The number of anilines is 1. The lowest BCUT2D eigenvalue weighted by molar-refractivity contribution is -0.384. The highest BCUT2D eigenvalue weighted by molar-refractivity contribution is 5.95. The third-order valence-electron chi connectivity index (χ3n) is 3.80. The molecule has 2 rings (SSSR count). The van der Waals surface area contributed by atoms with Crippen LogP contribution in [-0.4, -0.2) is 24.0 Å². The minimum atomic E-state index is -0.781. The van der Waals surface area contributed by atoms with Gasteiger partial charge in [0.15, 0.2) is 6.10 Å². The first-order chi connectivity index (χ1) is 12.4. The number of amides is 1. The molecule has 0 heterocycles. The Morgan fingerprint density at radius 3 is 2.50 bits per heavy atom. The van der Waals surface area contributed by atoms with Gasteiger partial charge in [-0.05, 0) is 37.1 Å². The molecule has 0 saturated carbocycles. The van der Waals surface area contributed by atoms with E-state index < -0.39 is 16.9 Å². The average molecular weight is 358 g/mol. The number of nitrogens with one attached hydrogen (secondary N) is 1. The van der Waals surface area contributed by atoms with Crippen LogP contribution in [0.4, 0.5) is 11.4 Å². The second kappa shape index (κ2) is 8.84. The van der Waals surface area contributed by atoms with Gasteiger partial charge in [0.2, 0.25) is 0 Å². The number of nitrogens with zero attached hydrogens (tertiary/aromatic N) is 1. The number of carbonyl (C=O) groups is 1. The summed E-state index contributed by atoms with van der Waals surface area (Å²) in [6.07, 6.45) is 1.27. The molecule has 7 nitrogen and oxygen atoms in total. The quantitative estimate of drug-likeness (QED) is 0.570. The molecule has 0 fully saturated rings. The lowest BCUT2D eigenvalue weighted by Crippen LogP contribution is -2.30. The maximum Gasteiger partial charge on any atom is 0.271 e. The molecule has 1 atom stereocenters. The first-order valence-electron chi connectivity index (χ1n) is 8.33. The maximum absolute atomic E-state index is 12.4. The van der Waals surface area contributed by atoms with Gasteiger partial charge in [-0.25, -0.2) is 0 Å². The molecular weight excluding hydrogens is 336 g/mol. The minimum absolute atomic E-state index is 0.138. The highest BCUT2D eigenvalue weighted by atomic mass is 16.6. The fourth-order valence-corrected chi connectivity index (χ4v) is 2.42. The molecule has 2 aromatic rings. The number of ether oxygens (including phenoxy) is 2. The summed E-state index contributed by atoms with van der Waals surface area (Å²) in [4.78, 5) is 22.8. The van der Waals surface area contributed by atoms with Gasteiger partial charge >= 0.3 is 0 Å². The fourth-order valence-electron chi connectivity index (χ4n) is 2.42. The van der Waals surface area contributed by atoms with Crippen LogP contribution in [0.5, 0.6) is 11.5 Å². The molecule has 26 heavy (non-hydrogen) atoms. The number of hydrogen-bond acceptors (Lipinski definition) is 5. The van der Waals surface area contributed by atoms with Crippen LogP contribution in [0.2, 0.25) is 0 Å². The van der Waals surface area contributed by atoms with Crippen molar-refractivity contribution in [3.63, 3.8) is 0 Å². The van der Waals surface area contributed by atoms with Crippen molar-refractivity contribution in [2.24, 2.45) is 0 Å². The summed E-state index contributed by atoms with van der Waals surface area (Å²) in [7, 11) is 1.43. The number of non-ortho nitro benzene ring substituents is 1. The Hall–Kier alpha value is -3.09. The molecule has 1 amide bonds. The standard InChI is InChI=1S/C19H22N2O5/c1-4-5-14-6-9-16(10-7-14)26-13(2)19(22)20-17-12-15(21(23)24)8-11-18(17)25-3/h6-13H,4-5H2,1-3H3,(H,20,22). The Kier molecular flexibility index (Phi) is 6.54. The van der Waals surface area contributed by atoms with E-state index in [9.17, 15) is 14.9 Å². The third kappa shape index (κ3) is 4.95. The second-order valence-electron chi connectivity index (χ2n) is 5.78. The van der Waals surface area contributed by atoms with E-state index >= 15 is 0 Å². The molecular formula is C19H22N2O5. The van der Waals surface area contributed by atoms with Crippen LogP contribution in [0.25, 0.3) is 0 Å². The molecule has 0 saturated heterocycles. The van der Waals surface area contributed by atoms with Crippen molar-refractivity contribution in [1.82, 2.24) is 0 Å². The number of aryl methyl sites for hydroxylation is 1. The van der Waals surface area contributed by atoms with Gasteiger partial charge in [0.25, 0.3) is 11.6 Å². The zero-order valence-electron chi connectivity index (χ0n) is 15.0. The van der Waals surface area contributed by atoms with E-state index in [4.69, 9.17) is 9.47 Å². The van der Waals surface area contributed by atoms with Gasteiger partial charge in [0.1, 0.15) is 11.5 Å². The van der Waals surface area contributed by atoms with Crippen molar-refractivity contribution < 1.29 is 19.2 Å². The van der Waals surface area contributed by atoms with E-state index in [1.165, 1.54) is 30.9 Å². The summed E-state index contributed by atoms with van der Waals surface area (Å²) in [5.74, 6) is 0.486. The van der Waals surface area contributed by atoms with Crippen molar-refractivity contribution >= 4 is 17.3 Å². The number of carbonyl (C=O) groups excluding carboxylic acids is 1. The number of methoxy groups -OCH3 is 1. The van der Waals surface area contributed by atoms with Gasteiger partial charge in [0.05, 0.1) is 17.7 Å². The molecule has 0 spiro atoms. The first kappa shape index (κ1) is 19.2. The average Bonchev–Trinajstić information content (AvgIpc) is 2.63. The molecule has 138 valence electrons. The van der Waals surface area contributed by atoms with Crippen molar-refractivity contribution in [2.75, 3.05) is 12.4 Å². The van der Waals surface area contributed by atoms with E-state index in [2.05, 4.69) is 12.2 Å². The number of nitro benzene ring substituents is 1. The predicted molar refractivity (Wildman–Crippen MR) is 98.8 cm³/mol. The van der Waals surface area contributed by atoms with Crippen LogP contribution in [0.1, 0.15) is 25.8 Å². The lowest BCUT2D eigenvalue weighted by atomic mass is 10.1. The molecule has 0 aromatic heterocycles. The molecule has 1 N–H and O–H groups in total. The molecule has 0 aliphatic heterocycles. The predicted octanol–water partition coefficient (Wildman–Crippen LogP) is 3.96. The Morgan fingerprint density at radius 2 is 1.92 bits per heavy atom. The summed E-state index contributed by atoms with van der Waals surface area (Å²) in [5, 5.41) is 13.5. The Morgan fingerprint density at radius 1 is 1.23 bits per heavy atom. The van der Waals surface area contributed by atoms with Crippen LogP contribution in [0.15, 0.2) is 42.5 Å². The molecule has 0 aliphatic rings. The van der Waals surface area contributed by atoms with Crippen LogP contribution in [-0.2, 0) is 11.2 Å². The highest BCUT2D eigenvalue weighted by Crippen LogP contribution is 2.29. The number of nitro groups is 1. The Balaban J connectivity index is 2.06. The van der Waals surface area contributed by atoms with E-state index in [-0.39, 0.29) is 11.4 Å². The zero-order chi connectivity index (χ0) is 19.1. The minimum Gasteiger partial charge on any atom is -0.495 e. The normalized spacial score (nSPS) is 11.5. The number of hydrogen-bond donors (Lipinski definition) is 1. The monoisotopic (exact) mass is 358 g/mol. The summed E-state index contributed by atoms with van der Waals surface area (Å²) in [6, 6.07) is 11.6. The van der Waals surface area contributed by atoms with Crippen molar-refractivity contribution in [2.45, 2.75) is 32.8 Å². The van der Waals surface area contributed by atoms with Crippen LogP contribution >= 0.6 is 0 Å². The second-order valence-corrected chi connectivity index (χ2v) is 5.78. The van der Waals surface area contributed by atoms with Crippen LogP contribution < -0.4 is 14.8 Å². The Labute approximate surface area is 152 Å². The summed E-state index contributed by atoms with van der Waals surface area (Å²) >= 11 is 0. The molecule has 7 heteroatoms. The first-order valence-corrected chi connectivity index (χ1v) is 8.33. The summed E-state index contributed by atoms with van der Waals surface area (Å²) in [6.45, 7) is 3.72. The molecule has 0 bridgehead atoms. The molecule has 0 aliphatic carbocycles. The maximum atomic E-state index is 12.4. The van der Waals surface area contributed by atoms with E-state index in [1.807, 2.05) is 24.3 Å². The fraction of sp³-hybridized carbons (Fsp3) is 0.316. The number of benzene rings is 2. The highest BCUT2D eigenvalue weighted by Gasteiger charge is 2.19. The van der Waals surface area contributed by atoms with E-state index in [1.54, 1.807) is 6.92 Å². The van der Waals surface area contributed by atoms with Gasteiger partial charge in [0, 0.05) is 12.1 Å². The molecule has 1 unspecified atom stereocenters. The topological polar surface area (TPSA) is 90.7 Å². The third-order valence-corrected chi connectivity index (χ3v) is 3.80. The Bertz CT molecular complexity index is 774. The van der Waals surface area contributed by atoms with Gasteiger partial charge in [-0.1, -0.05) is 25.5 Å². The van der Waals surface area contributed by atoms with Gasteiger partial charge in [-0.2, -0.15) is 0 Å². The molecule has 0 radical (unpaired) electrons. The van der Waals surface area contributed by atoms with Crippen molar-refractivity contribution in [1.29, 1.82) is 0 Å². The SMILES string of the molecule is CCCc1ccc(OC(C)C(=O)Nc2cc([N+](=O)[O-])ccc2OC)cc1. The summed E-state index contributed by atoms with van der Waals surface area (Å²) < 4.78 is 10.8. The van der Waals surface area contributed by atoms with Crippen LogP contribution in [0.3, 0.4) is 0 Å². The largest absolute Gasteiger partial charge is 0.495 e. The van der Waals surface area contributed by atoms with Crippen LogP contribution in [0, 0.1) is 10.1 Å². The lowest BCUT2D eigenvalue weighted by Gasteiger charge is -2.16. The van der Waals surface area contributed by atoms with Gasteiger partial charge < -0.3 is 14.8 Å². The van der Waals surface area contributed by atoms with Gasteiger partial charge in [-0.15, -0.1) is 0 Å². The van der Waals surface area contributed by atoms with E-state index in [0.717, 1.165) is 12.8 Å². The smallest absolute Gasteiger partial charge is 0.271 e. The van der Waals surface area contributed by atoms with Crippen molar-refractivity contribution in [3.8, 4) is 11.5 Å². The molecule has 2 aromatic carbocycles. The van der Waals surface area contributed by atoms with Crippen molar-refractivity contribution in [3.05, 3.63) is 58.1 Å². The number of rotatable bonds is 8.